The Balaban J connectivity index is 2.68. The second kappa shape index (κ2) is 5.66. The fraction of sp³-hybridized carbons (Fsp3) is 0.455. The van der Waals surface area contributed by atoms with Crippen LogP contribution in [0.4, 0.5) is 8.78 Å². The molecule has 1 rings (SSSR count). The van der Waals surface area contributed by atoms with Crippen molar-refractivity contribution in [3.8, 4) is 5.75 Å². The van der Waals surface area contributed by atoms with Crippen molar-refractivity contribution in [3.63, 3.8) is 0 Å². The Kier molecular flexibility index (Phi) is 4.49. The van der Waals surface area contributed by atoms with Crippen molar-refractivity contribution in [1.29, 1.82) is 0 Å². The van der Waals surface area contributed by atoms with Crippen LogP contribution in [0.15, 0.2) is 24.3 Å². The van der Waals surface area contributed by atoms with Crippen molar-refractivity contribution in [2.24, 2.45) is 0 Å². The molecule has 1 aromatic rings. The van der Waals surface area contributed by atoms with E-state index in [1.165, 1.54) is 6.07 Å². The highest BCUT2D eigenvalue weighted by molar-refractivity contribution is 5.32. The summed E-state index contributed by atoms with van der Waals surface area (Å²) in [6.07, 6.45) is 0.0598. The largest absolute Gasteiger partial charge is 0.434 e. The van der Waals surface area contributed by atoms with Crippen LogP contribution in [-0.2, 0) is 11.3 Å². The number of ether oxygens (including phenoxy) is 2. The van der Waals surface area contributed by atoms with Crippen molar-refractivity contribution in [2.75, 3.05) is 0 Å². The van der Waals surface area contributed by atoms with Crippen molar-refractivity contribution in [1.82, 2.24) is 0 Å². The first kappa shape index (κ1) is 11.9. The maximum atomic E-state index is 12.0. The minimum atomic E-state index is -2.80. The molecule has 0 spiro atoms. The van der Waals surface area contributed by atoms with E-state index in [-0.39, 0.29) is 18.5 Å². The Morgan fingerprint density at radius 1 is 1.20 bits per heavy atom. The van der Waals surface area contributed by atoms with Gasteiger partial charge in [-0.25, -0.2) is 0 Å². The second-order valence-corrected chi connectivity index (χ2v) is 3.35. The van der Waals surface area contributed by atoms with Gasteiger partial charge in [0.2, 0.25) is 0 Å². The van der Waals surface area contributed by atoms with Crippen molar-refractivity contribution < 1.29 is 18.3 Å². The van der Waals surface area contributed by atoms with Crippen LogP contribution in [0.2, 0.25) is 0 Å². The van der Waals surface area contributed by atoms with Gasteiger partial charge in [0.15, 0.2) is 0 Å². The SMILES string of the molecule is CC(C)OCc1ccccc1OC(F)F. The van der Waals surface area contributed by atoms with Gasteiger partial charge in [-0.05, 0) is 19.9 Å². The quantitative estimate of drug-likeness (QED) is 0.752. The lowest BCUT2D eigenvalue weighted by Crippen LogP contribution is -2.07. The van der Waals surface area contributed by atoms with E-state index in [9.17, 15) is 8.78 Å². The third kappa shape index (κ3) is 4.25. The summed E-state index contributed by atoms with van der Waals surface area (Å²) in [5.74, 6) is 0.174. The third-order valence-electron chi connectivity index (χ3n) is 1.76. The maximum absolute atomic E-state index is 12.0. The summed E-state index contributed by atoms with van der Waals surface area (Å²) in [4.78, 5) is 0. The number of benzene rings is 1. The van der Waals surface area contributed by atoms with Gasteiger partial charge in [-0.2, -0.15) is 8.78 Å². The maximum Gasteiger partial charge on any atom is 0.387 e. The Bertz CT molecular complexity index is 300. The highest BCUT2D eigenvalue weighted by atomic mass is 19.3. The minimum absolute atomic E-state index is 0.0598. The molecule has 0 amide bonds. The molecule has 0 aliphatic heterocycles. The van der Waals surface area contributed by atoms with E-state index in [0.29, 0.717) is 5.56 Å². The Morgan fingerprint density at radius 3 is 2.47 bits per heavy atom. The van der Waals surface area contributed by atoms with E-state index in [1.807, 2.05) is 13.8 Å². The van der Waals surface area contributed by atoms with E-state index in [1.54, 1.807) is 18.2 Å². The van der Waals surface area contributed by atoms with Gasteiger partial charge in [0.05, 0.1) is 12.7 Å². The van der Waals surface area contributed by atoms with Gasteiger partial charge in [0.25, 0.3) is 0 Å². The van der Waals surface area contributed by atoms with Crippen LogP contribution in [0.1, 0.15) is 19.4 Å². The van der Waals surface area contributed by atoms with Crippen LogP contribution in [0.5, 0.6) is 5.75 Å². The van der Waals surface area contributed by atoms with Gasteiger partial charge in [-0.1, -0.05) is 18.2 Å². The van der Waals surface area contributed by atoms with Gasteiger partial charge in [0, 0.05) is 5.56 Å². The predicted octanol–water partition coefficient (Wildman–Crippen LogP) is 3.21. The van der Waals surface area contributed by atoms with Crippen LogP contribution in [0.3, 0.4) is 0 Å². The van der Waals surface area contributed by atoms with Crippen LogP contribution >= 0.6 is 0 Å². The van der Waals surface area contributed by atoms with E-state index in [4.69, 9.17) is 4.74 Å². The summed E-state index contributed by atoms with van der Waals surface area (Å²) in [5, 5.41) is 0. The molecular weight excluding hydrogens is 202 g/mol. The van der Waals surface area contributed by atoms with Crippen molar-refractivity contribution in [3.05, 3.63) is 29.8 Å². The van der Waals surface area contributed by atoms with E-state index in [2.05, 4.69) is 4.74 Å². The van der Waals surface area contributed by atoms with E-state index in [0.717, 1.165) is 0 Å². The smallest absolute Gasteiger partial charge is 0.387 e. The van der Waals surface area contributed by atoms with Gasteiger partial charge >= 0.3 is 6.61 Å². The van der Waals surface area contributed by atoms with Gasteiger partial charge in [0.1, 0.15) is 5.75 Å². The van der Waals surface area contributed by atoms with Gasteiger partial charge in [-0.15, -0.1) is 0 Å². The molecule has 0 N–H and O–H groups in total. The highest BCUT2D eigenvalue weighted by Crippen LogP contribution is 2.21. The molecule has 15 heavy (non-hydrogen) atoms. The topological polar surface area (TPSA) is 18.5 Å². The molecule has 0 heterocycles. The van der Waals surface area contributed by atoms with E-state index < -0.39 is 6.61 Å². The first-order chi connectivity index (χ1) is 7.09. The summed E-state index contributed by atoms with van der Waals surface area (Å²) in [7, 11) is 0. The molecule has 2 nitrogen and oxygen atoms in total. The molecule has 4 heteroatoms. The molecule has 0 aromatic heterocycles. The van der Waals surface area contributed by atoms with Gasteiger partial charge in [-0.3, -0.25) is 0 Å². The van der Waals surface area contributed by atoms with Crippen LogP contribution in [0.25, 0.3) is 0 Å². The number of halogens is 2. The zero-order valence-electron chi connectivity index (χ0n) is 8.74. The molecule has 0 fully saturated rings. The lowest BCUT2D eigenvalue weighted by Gasteiger charge is -2.12. The molecule has 0 unspecified atom stereocenters. The summed E-state index contributed by atoms with van der Waals surface area (Å²) < 4.78 is 33.8. The summed E-state index contributed by atoms with van der Waals surface area (Å²) >= 11 is 0. The first-order valence-electron chi connectivity index (χ1n) is 4.74. The molecule has 0 saturated carbocycles. The van der Waals surface area contributed by atoms with Gasteiger partial charge < -0.3 is 9.47 Å². The van der Waals surface area contributed by atoms with Crippen molar-refractivity contribution >= 4 is 0 Å². The normalized spacial score (nSPS) is 11.1. The lowest BCUT2D eigenvalue weighted by molar-refractivity contribution is -0.0517. The number of hydrogen-bond donors (Lipinski definition) is 0. The summed E-state index contributed by atoms with van der Waals surface area (Å²) in [6, 6.07) is 6.62. The zero-order valence-corrected chi connectivity index (χ0v) is 8.74. The summed E-state index contributed by atoms with van der Waals surface area (Å²) in [5.41, 5.74) is 0.631. The predicted molar refractivity (Wildman–Crippen MR) is 53.0 cm³/mol. The van der Waals surface area contributed by atoms with E-state index >= 15 is 0 Å². The average Bonchev–Trinajstić information content (AvgIpc) is 2.15. The number of para-hydroxylation sites is 1. The number of alkyl halides is 2. The fourth-order valence-electron chi connectivity index (χ4n) is 1.09. The minimum Gasteiger partial charge on any atom is -0.434 e. The van der Waals surface area contributed by atoms with Crippen LogP contribution < -0.4 is 4.74 Å². The second-order valence-electron chi connectivity index (χ2n) is 3.35. The fourth-order valence-corrected chi connectivity index (χ4v) is 1.09. The molecule has 1 aromatic carbocycles. The Morgan fingerprint density at radius 2 is 1.87 bits per heavy atom. The van der Waals surface area contributed by atoms with Crippen LogP contribution in [-0.4, -0.2) is 12.7 Å². The Hall–Kier alpha value is -1.16. The standard InChI is InChI=1S/C11H14F2O2/c1-8(2)14-7-9-5-3-4-6-10(9)15-11(12)13/h3-6,8,11H,7H2,1-2H3. The molecule has 0 radical (unpaired) electrons. The first-order valence-corrected chi connectivity index (χ1v) is 4.74. The highest BCUT2D eigenvalue weighted by Gasteiger charge is 2.09. The summed E-state index contributed by atoms with van der Waals surface area (Å²) in [6.45, 7) is 1.25. The van der Waals surface area contributed by atoms with Crippen LogP contribution in [0, 0.1) is 0 Å². The molecular formula is C11H14F2O2. The van der Waals surface area contributed by atoms with Crippen molar-refractivity contribution in [2.45, 2.75) is 33.2 Å². The zero-order chi connectivity index (χ0) is 11.3. The Labute approximate surface area is 87.8 Å². The molecule has 84 valence electrons. The molecule has 0 aliphatic rings. The monoisotopic (exact) mass is 216 g/mol. The molecule has 0 saturated heterocycles. The molecule has 0 bridgehead atoms. The number of rotatable bonds is 5. The third-order valence-corrected chi connectivity index (χ3v) is 1.76. The molecule has 0 aliphatic carbocycles. The lowest BCUT2D eigenvalue weighted by atomic mass is 10.2. The number of hydrogen-bond acceptors (Lipinski definition) is 2. The molecule has 0 atom stereocenters. The average molecular weight is 216 g/mol.